The molecule has 0 unspecified atom stereocenters. The van der Waals surface area contributed by atoms with Gasteiger partial charge in [-0.1, -0.05) is 12.2 Å². The van der Waals surface area contributed by atoms with Gasteiger partial charge in [0.1, 0.15) is 0 Å². The number of pyridine rings is 2. The first kappa shape index (κ1) is 18.5. The summed E-state index contributed by atoms with van der Waals surface area (Å²) in [5.74, 6) is -1.84. The van der Waals surface area contributed by atoms with Crippen LogP contribution < -0.4 is 0 Å². The second-order valence-electron chi connectivity index (χ2n) is 4.17. The molecular weight excluding hydrogens is 363 g/mol. The van der Waals surface area contributed by atoms with E-state index in [9.17, 15) is 9.59 Å². The number of aliphatic carboxylic acids is 2. The number of carbonyl (C=O) groups is 2. The van der Waals surface area contributed by atoms with E-state index in [1.165, 1.54) is 0 Å². The Labute approximate surface area is 140 Å². The van der Waals surface area contributed by atoms with Crippen LogP contribution in [0.15, 0.2) is 49.1 Å². The van der Waals surface area contributed by atoms with Crippen LogP contribution >= 0.6 is 0 Å². The summed E-state index contributed by atoms with van der Waals surface area (Å²) < 4.78 is 0. The maximum absolute atomic E-state index is 9.80. The first-order chi connectivity index (χ1) is 11.1. The molecule has 0 atom stereocenters. The number of hydrogen-bond acceptors (Lipinski definition) is 4. The molecule has 2 aromatic rings. The summed E-state index contributed by atoms with van der Waals surface area (Å²) in [6, 6.07) is 7.88. The van der Waals surface area contributed by atoms with Crippen molar-refractivity contribution < 1.29 is 19.8 Å². The van der Waals surface area contributed by atoms with Crippen LogP contribution in [0.5, 0.6) is 0 Å². The molecule has 0 aromatic carbocycles. The zero-order valence-electron chi connectivity index (χ0n) is 12.2. The van der Waals surface area contributed by atoms with E-state index in [1.807, 2.05) is 24.3 Å². The molecule has 0 saturated heterocycles. The van der Waals surface area contributed by atoms with Crippen molar-refractivity contribution in [3.63, 3.8) is 0 Å². The van der Waals surface area contributed by atoms with Crippen molar-refractivity contribution in [1.29, 1.82) is 0 Å². The van der Waals surface area contributed by atoms with E-state index in [4.69, 9.17) is 10.2 Å². The van der Waals surface area contributed by atoms with Crippen LogP contribution in [-0.2, 0) is 9.59 Å². The number of carboxylic acid groups (broad SMARTS) is 2. The average Bonchev–Trinajstić information content (AvgIpc) is 2.55. The molecule has 0 aliphatic rings. The van der Waals surface area contributed by atoms with Gasteiger partial charge in [0.15, 0.2) is 0 Å². The fraction of sp³-hybridized carbons (Fsp3) is 0.125. The Morgan fingerprint density at radius 2 is 1.17 bits per heavy atom. The third-order valence-corrected chi connectivity index (χ3v) is 4.22. The number of hydrogen-bond donors (Lipinski definition) is 2. The van der Waals surface area contributed by atoms with Gasteiger partial charge in [0.25, 0.3) is 0 Å². The van der Waals surface area contributed by atoms with Gasteiger partial charge in [-0.2, -0.15) is 0 Å². The minimum absolute atomic E-state index is 0.000694. The van der Waals surface area contributed by atoms with Gasteiger partial charge in [-0.15, -0.1) is 0 Å². The molecule has 0 spiro atoms. The van der Waals surface area contributed by atoms with Gasteiger partial charge in [0.2, 0.25) is 0 Å². The van der Waals surface area contributed by atoms with Gasteiger partial charge < -0.3 is 0 Å². The Hall–Kier alpha value is -2.50. The van der Waals surface area contributed by atoms with Crippen LogP contribution in [-0.4, -0.2) is 47.1 Å². The molecule has 2 aromatic heterocycles. The Morgan fingerprint density at radius 1 is 0.826 bits per heavy atom. The van der Waals surface area contributed by atoms with Gasteiger partial charge in [-0.05, 0) is 35.4 Å². The summed E-state index contributed by atoms with van der Waals surface area (Å²) >= 11 is -0.280. The van der Waals surface area contributed by atoms with Crippen molar-refractivity contribution in [3.05, 3.63) is 60.2 Å². The van der Waals surface area contributed by atoms with Gasteiger partial charge in [0.05, 0.1) is 0 Å². The van der Waals surface area contributed by atoms with Gasteiger partial charge in [0, 0.05) is 24.8 Å². The fourth-order valence-electron chi connectivity index (χ4n) is 1.37. The Bertz CT molecular complexity index is 578. The molecule has 0 radical (unpaired) electrons. The molecule has 2 rings (SSSR count). The molecule has 0 bridgehead atoms. The Balaban J connectivity index is 0.000000257. The van der Waals surface area contributed by atoms with E-state index in [0.717, 1.165) is 11.1 Å². The molecule has 23 heavy (non-hydrogen) atoms. The predicted octanol–water partition coefficient (Wildman–Crippen LogP) is 2.34. The Morgan fingerprint density at radius 3 is 1.48 bits per heavy atom. The predicted molar refractivity (Wildman–Crippen MR) is 88.0 cm³/mol. The summed E-state index contributed by atoms with van der Waals surface area (Å²) in [5.41, 5.74) is 2.30. The van der Waals surface area contributed by atoms with Crippen molar-refractivity contribution in [2.45, 2.75) is 10.6 Å². The fourth-order valence-corrected chi connectivity index (χ4v) is 2.31. The van der Waals surface area contributed by atoms with Crippen LogP contribution in [0.3, 0.4) is 0 Å². The van der Waals surface area contributed by atoms with Crippen LogP contribution in [0, 0.1) is 0 Å². The summed E-state index contributed by atoms with van der Waals surface area (Å²) in [7, 11) is 0. The second kappa shape index (κ2) is 11.1. The standard InChI is InChI=1S/C12H10N2.C4H6O4Se/c1(11-3-7-13-8-4-11)2-12-5-9-14-10-6-12;5-3(6)1-9-2-4(7)8/h1-10H;1-2H2,(H,5,6)(H,7,8)/b2-1+;. The summed E-state index contributed by atoms with van der Waals surface area (Å²) in [4.78, 5) is 27.5. The van der Waals surface area contributed by atoms with E-state index < -0.39 is 11.9 Å². The number of nitrogens with zero attached hydrogens (tertiary/aromatic N) is 2. The molecule has 0 saturated carbocycles. The van der Waals surface area contributed by atoms with Crippen molar-refractivity contribution in [3.8, 4) is 0 Å². The van der Waals surface area contributed by atoms with Crippen LogP contribution in [0.1, 0.15) is 11.1 Å². The van der Waals surface area contributed by atoms with E-state index in [1.54, 1.807) is 24.8 Å². The average molecular weight is 379 g/mol. The normalized spacial score (nSPS) is 9.91. The second-order valence-corrected chi connectivity index (χ2v) is 6.24. The summed E-state index contributed by atoms with van der Waals surface area (Å²) in [6.45, 7) is 0. The molecule has 0 aliphatic heterocycles. The third-order valence-electron chi connectivity index (χ3n) is 2.33. The molecule has 2 N–H and O–H groups in total. The van der Waals surface area contributed by atoms with Crippen molar-refractivity contribution in [2.75, 3.05) is 0 Å². The first-order valence-corrected chi connectivity index (χ1v) is 8.99. The molecule has 7 heteroatoms. The Kier molecular flexibility index (Phi) is 8.97. The van der Waals surface area contributed by atoms with E-state index in [2.05, 4.69) is 22.1 Å². The van der Waals surface area contributed by atoms with Crippen molar-refractivity contribution in [2.24, 2.45) is 0 Å². The van der Waals surface area contributed by atoms with Crippen LogP contribution in [0.4, 0.5) is 0 Å². The van der Waals surface area contributed by atoms with Gasteiger partial charge >= 0.3 is 57.3 Å². The molecular formula is C16H16N2O4Se. The first-order valence-electron chi connectivity index (χ1n) is 6.57. The zero-order chi connectivity index (χ0) is 16.9. The molecule has 120 valence electrons. The van der Waals surface area contributed by atoms with E-state index in [0.29, 0.717) is 0 Å². The van der Waals surface area contributed by atoms with Crippen LogP contribution in [0.25, 0.3) is 12.2 Å². The topological polar surface area (TPSA) is 100 Å². The van der Waals surface area contributed by atoms with E-state index >= 15 is 0 Å². The van der Waals surface area contributed by atoms with Crippen molar-refractivity contribution in [1.82, 2.24) is 9.97 Å². The molecule has 2 heterocycles. The van der Waals surface area contributed by atoms with E-state index in [-0.39, 0.29) is 25.6 Å². The minimum atomic E-state index is -0.920. The third kappa shape index (κ3) is 9.95. The summed E-state index contributed by atoms with van der Waals surface area (Å²) in [6.07, 6.45) is 11.2. The molecule has 0 fully saturated rings. The monoisotopic (exact) mass is 380 g/mol. The maximum atomic E-state index is 9.80. The molecule has 0 aliphatic carbocycles. The zero-order valence-corrected chi connectivity index (χ0v) is 13.9. The number of rotatable bonds is 6. The van der Waals surface area contributed by atoms with Gasteiger partial charge in [-0.3, -0.25) is 9.97 Å². The molecule has 0 amide bonds. The van der Waals surface area contributed by atoms with Gasteiger partial charge in [-0.25, -0.2) is 0 Å². The van der Waals surface area contributed by atoms with Crippen LogP contribution in [0.2, 0.25) is 10.6 Å². The quantitative estimate of drug-likeness (QED) is 0.748. The van der Waals surface area contributed by atoms with Crippen molar-refractivity contribution >= 4 is 39.0 Å². The SMILES string of the molecule is C(=C\c1ccncc1)/c1ccncc1.O=C(O)C[Se]CC(=O)O. The number of carboxylic acids is 2. The molecule has 6 nitrogen and oxygen atoms in total. The summed E-state index contributed by atoms with van der Waals surface area (Å²) in [5, 5.41) is 16.1. The number of aromatic nitrogens is 2.